The van der Waals surface area contributed by atoms with Gasteiger partial charge < -0.3 is 18.9 Å². The van der Waals surface area contributed by atoms with Crippen LogP contribution in [0.3, 0.4) is 0 Å². The molecule has 0 aliphatic heterocycles. The third-order valence-electron chi connectivity index (χ3n) is 3.25. The van der Waals surface area contributed by atoms with Crippen LogP contribution in [-0.4, -0.2) is 50.8 Å². The molecule has 0 amide bonds. The summed E-state index contributed by atoms with van der Waals surface area (Å²) < 4.78 is 23.5. The fraction of sp³-hybridized carbons (Fsp3) is 1.00. The molecule has 4 nitrogen and oxygen atoms in total. The maximum absolute atomic E-state index is 5.91. The lowest BCUT2D eigenvalue weighted by molar-refractivity contribution is -0.113. The highest BCUT2D eigenvalue weighted by Crippen LogP contribution is 2.26. The number of hydrogen-bond acceptors (Lipinski definition) is 4. The summed E-state index contributed by atoms with van der Waals surface area (Å²) in [6.45, 7) is 19.0. The van der Waals surface area contributed by atoms with Gasteiger partial charge in [-0.15, -0.1) is 0 Å². The second-order valence-corrected chi connectivity index (χ2v) is 7.25. The fourth-order valence-corrected chi connectivity index (χ4v) is 1.88. The van der Waals surface area contributed by atoms with E-state index in [9.17, 15) is 0 Å². The number of ether oxygens (including phenoxy) is 4. The zero-order chi connectivity index (χ0) is 17.2. The van der Waals surface area contributed by atoms with Gasteiger partial charge in [-0.2, -0.15) is 0 Å². The highest BCUT2D eigenvalue weighted by molar-refractivity contribution is 4.80. The van der Waals surface area contributed by atoms with Crippen LogP contribution in [0.2, 0.25) is 0 Å². The van der Waals surface area contributed by atoms with Gasteiger partial charge >= 0.3 is 0 Å². The monoisotopic (exact) mass is 318 g/mol. The Kier molecular flexibility index (Phi) is 11.3. The third-order valence-corrected chi connectivity index (χ3v) is 3.25. The number of rotatable bonds is 13. The molecule has 0 unspecified atom stereocenters. The van der Waals surface area contributed by atoms with Crippen LogP contribution in [0.25, 0.3) is 0 Å². The quantitative estimate of drug-likeness (QED) is 0.513. The summed E-state index contributed by atoms with van der Waals surface area (Å²) in [5.74, 6) is 0. The molecule has 0 bridgehead atoms. The van der Waals surface area contributed by atoms with Gasteiger partial charge in [0.15, 0.2) is 0 Å². The lowest BCUT2D eigenvalue weighted by atomic mass is 9.87. The molecule has 0 saturated carbocycles. The summed E-state index contributed by atoms with van der Waals surface area (Å²) >= 11 is 0. The molecule has 0 radical (unpaired) electrons. The van der Waals surface area contributed by atoms with E-state index in [0.717, 1.165) is 6.42 Å². The largest absolute Gasteiger partial charge is 0.379 e. The standard InChI is InChI=1S/C18H38O4/c1-14(2)19-10-9-18(11-20-15(3)4,12-21-16(5)6)13-22-17(7)8/h14-17H,9-13H2,1-8H3. The molecule has 0 heterocycles. The highest BCUT2D eigenvalue weighted by atomic mass is 16.5. The van der Waals surface area contributed by atoms with Crippen molar-refractivity contribution < 1.29 is 18.9 Å². The summed E-state index contributed by atoms with van der Waals surface area (Å²) in [6, 6.07) is 0. The van der Waals surface area contributed by atoms with Gasteiger partial charge in [0.25, 0.3) is 0 Å². The Hall–Kier alpha value is -0.160. The second kappa shape index (κ2) is 11.4. The van der Waals surface area contributed by atoms with Gasteiger partial charge in [-0.3, -0.25) is 0 Å². The molecule has 0 fully saturated rings. The van der Waals surface area contributed by atoms with E-state index in [1.54, 1.807) is 0 Å². The lowest BCUT2D eigenvalue weighted by Crippen LogP contribution is -2.41. The Morgan fingerprint density at radius 3 is 1.14 bits per heavy atom. The molecule has 22 heavy (non-hydrogen) atoms. The first-order valence-corrected chi connectivity index (χ1v) is 8.63. The minimum Gasteiger partial charge on any atom is -0.379 e. The van der Waals surface area contributed by atoms with Crippen molar-refractivity contribution in [3.8, 4) is 0 Å². The average Bonchev–Trinajstić information content (AvgIpc) is 2.39. The van der Waals surface area contributed by atoms with Crippen LogP contribution >= 0.6 is 0 Å². The van der Waals surface area contributed by atoms with E-state index in [1.165, 1.54) is 0 Å². The Bertz CT molecular complexity index is 231. The summed E-state index contributed by atoms with van der Waals surface area (Å²) in [4.78, 5) is 0. The molecule has 134 valence electrons. The average molecular weight is 318 g/mol. The SMILES string of the molecule is CC(C)OCCC(COC(C)C)(COC(C)C)COC(C)C. The van der Waals surface area contributed by atoms with Gasteiger partial charge in [-0.1, -0.05) is 0 Å². The molecule has 0 N–H and O–H groups in total. The molecule has 0 aromatic carbocycles. The van der Waals surface area contributed by atoms with E-state index in [2.05, 4.69) is 55.4 Å². The van der Waals surface area contributed by atoms with Crippen LogP contribution in [0.4, 0.5) is 0 Å². The summed E-state index contributed by atoms with van der Waals surface area (Å²) in [6.07, 6.45) is 1.70. The minimum atomic E-state index is -0.159. The molecule has 0 rings (SSSR count). The molecular formula is C18H38O4. The van der Waals surface area contributed by atoms with Crippen molar-refractivity contribution in [3.05, 3.63) is 0 Å². The predicted molar refractivity (Wildman–Crippen MR) is 91.4 cm³/mol. The zero-order valence-electron chi connectivity index (χ0n) is 16.0. The van der Waals surface area contributed by atoms with Crippen molar-refractivity contribution >= 4 is 0 Å². The molecule has 0 aromatic rings. The smallest absolute Gasteiger partial charge is 0.0571 e. The Morgan fingerprint density at radius 1 is 0.545 bits per heavy atom. The predicted octanol–water partition coefficient (Wildman–Crippen LogP) is 4.06. The molecule has 0 aliphatic rings. The normalized spacial score (nSPS) is 13.1. The van der Waals surface area contributed by atoms with E-state index in [-0.39, 0.29) is 29.8 Å². The first-order chi connectivity index (χ1) is 10.2. The molecule has 0 spiro atoms. The summed E-state index contributed by atoms with van der Waals surface area (Å²) in [7, 11) is 0. The Morgan fingerprint density at radius 2 is 0.864 bits per heavy atom. The van der Waals surface area contributed by atoms with Crippen molar-refractivity contribution in [1.82, 2.24) is 0 Å². The van der Waals surface area contributed by atoms with Crippen LogP contribution in [-0.2, 0) is 18.9 Å². The van der Waals surface area contributed by atoms with E-state index in [4.69, 9.17) is 18.9 Å². The van der Waals surface area contributed by atoms with Gasteiger partial charge in [-0.05, 0) is 61.8 Å². The van der Waals surface area contributed by atoms with Gasteiger partial charge in [0.2, 0.25) is 0 Å². The topological polar surface area (TPSA) is 36.9 Å². The first-order valence-electron chi connectivity index (χ1n) is 8.63. The maximum Gasteiger partial charge on any atom is 0.0571 e. The van der Waals surface area contributed by atoms with Crippen LogP contribution in [0.1, 0.15) is 61.8 Å². The molecule has 0 atom stereocenters. The van der Waals surface area contributed by atoms with E-state index in [1.807, 2.05) is 0 Å². The van der Waals surface area contributed by atoms with Crippen molar-refractivity contribution in [2.45, 2.75) is 86.2 Å². The molecular weight excluding hydrogens is 280 g/mol. The highest BCUT2D eigenvalue weighted by Gasteiger charge is 2.33. The van der Waals surface area contributed by atoms with E-state index < -0.39 is 0 Å². The van der Waals surface area contributed by atoms with Crippen LogP contribution in [0.5, 0.6) is 0 Å². The van der Waals surface area contributed by atoms with E-state index >= 15 is 0 Å². The Labute approximate surface area is 137 Å². The maximum atomic E-state index is 5.91. The molecule has 0 aromatic heterocycles. The van der Waals surface area contributed by atoms with Gasteiger partial charge in [0.05, 0.1) is 44.2 Å². The van der Waals surface area contributed by atoms with Crippen LogP contribution in [0.15, 0.2) is 0 Å². The summed E-state index contributed by atoms with van der Waals surface area (Å²) in [5, 5.41) is 0. The van der Waals surface area contributed by atoms with Crippen LogP contribution in [0, 0.1) is 5.41 Å². The van der Waals surface area contributed by atoms with Gasteiger partial charge in [0, 0.05) is 12.0 Å². The minimum absolute atomic E-state index is 0.159. The summed E-state index contributed by atoms with van der Waals surface area (Å²) in [5.41, 5.74) is -0.159. The first kappa shape index (κ1) is 21.8. The van der Waals surface area contributed by atoms with Crippen molar-refractivity contribution in [2.75, 3.05) is 26.4 Å². The molecule has 4 heteroatoms. The molecule has 0 aliphatic carbocycles. The van der Waals surface area contributed by atoms with Gasteiger partial charge in [0.1, 0.15) is 0 Å². The lowest BCUT2D eigenvalue weighted by Gasteiger charge is -2.35. The van der Waals surface area contributed by atoms with Gasteiger partial charge in [-0.25, -0.2) is 0 Å². The Balaban J connectivity index is 4.83. The molecule has 0 saturated heterocycles. The zero-order valence-corrected chi connectivity index (χ0v) is 16.0. The van der Waals surface area contributed by atoms with Crippen molar-refractivity contribution in [3.63, 3.8) is 0 Å². The fourth-order valence-electron chi connectivity index (χ4n) is 1.88. The third kappa shape index (κ3) is 11.4. The van der Waals surface area contributed by atoms with Crippen molar-refractivity contribution in [1.29, 1.82) is 0 Å². The van der Waals surface area contributed by atoms with Crippen LogP contribution < -0.4 is 0 Å². The number of hydrogen-bond donors (Lipinski definition) is 0. The second-order valence-electron chi connectivity index (χ2n) is 7.25. The van der Waals surface area contributed by atoms with Crippen molar-refractivity contribution in [2.24, 2.45) is 5.41 Å². The van der Waals surface area contributed by atoms with E-state index in [0.29, 0.717) is 26.4 Å².